The second kappa shape index (κ2) is 6.20. The predicted octanol–water partition coefficient (Wildman–Crippen LogP) is 3.28. The zero-order chi connectivity index (χ0) is 18.5. The van der Waals surface area contributed by atoms with Crippen molar-refractivity contribution in [2.45, 2.75) is 71.1 Å². The number of epoxide rings is 1. The number of nitrogens with one attached hydrogen (secondary N) is 1. The number of nitrogens with two attached hydrogens (primary N) is 1. The molecule has 0 radical (unpaired) electrons. The van der Waals surface area contributed by atoms with Gasteiger partial charge in [-0.05, 0) is 63.6 Å². The third kappa shape index (κ3) is 3.26. The van der Waals surface area contributed by atoms with E-state index in [4.69, 9.17) is 10.5 Å². The van der Waals surface area contributed by atoms with E-state index in [1.54, 1.807) is 0 Å². The molecule has 6 nitrogen and oxygen atoms in total. The summed E-state index contributed by atoms with van der Waals surface area (Å²) in [5.74, 6) is 1.50. The summed E-state index contributed by atoms with van der Waals surface area (Å²) in [4.78, 5) is 13.2. The molecule has 0 bridgehead atoms. The Labute approximate surface area is 154 Å². The SMILES string of the molecule is Cc1cc(C)c2c(c1)C(Nc1nc(N)nc(CC3(C)OC3C)n1)CCC2. The molecule has 3 atom stereocenters. The van der Waals surface area contributed by atoms with Crippen molar-refractivity contribution in [1.29, 1.82) is 0 Å². The van der Waals surface area contributed by atoms with E-state index in [0.29, 0.717) is 18.2 Å². The Morgan fingerprint density at radius 3 is 2.77 bits per heavy atom. The monoisotopic (exact) mass is 353 g/mol. The van der Waals surface area contributed by atoms with Gasteiger partial charge in [0.15, 0.2) is 0 Å². The van der Waals surface area contributed by atoms with Crippen molar-refractivity contribution in [3.05, 3.63) is 40.2 Å². The summed E-state index contributed by atoms with van der Waals surface area (Å²) in [6.07, 6.45) is 4.24. The van der Waals surface area contributed by atoms with Crippen molar-refractivity contribution in [2.75, 3.05) is 11.1 Å². The van der Waals surface area contributed by atoms with E-state index in [1.807, 2.05) is 0 Å². The van der Waals surface area contributed by atoms with Gasteiger partial charge in [-0.15, -0.1) is 0 Å². The lowest BCUT2D eigenvalue weighted by Gasteiger charge is -2.28. The highest BCUT2D eigenvalue weighted by molar-refractivity contribution is 5.45. The van der Waals surface area contributed by atoms with Gasteiger partial charge in [0.1, 0.15) is 5.82 Å². The number of nitrogens with zero attached hydrogens (tertiary/aromatic N) is 3. The van der Waals surface area contributed by atoms with Crippen LogP contribution in [0.5, 0.6) is 0 Å². The number of ether oxygens (including phenoxy) is 1. The first kappa shape index (κ1) is 17.2. The van der Waals surface area contributed by atoms with Gasteiger partial charge in [0, 0.05) is 6.42 Å². The van der Waals surface area contributed by atoms with Crippen LogP contribution in [0.15, 0.2) is 12.1 Å². The minimum atomic E-state index is -0.184. The van der Waals surface area contributed by atoms with Crippen LogP contribution in [0.3, 0.4) is 0 Å². The lowest BCUT2D eigenvalue weighted by molar-refractivity contribution is 0.307. The van der Waals surface area contributed by atoms with E-state index in [1.165, 1.54) is 22.3 Å². The standard InChI is InChI=1S/C20H27N5O/c1-11-8-12(2)14-6-5-7-16(15(14)9-11)22-19-24-17(23-18(21)25-19)10-20(4)13(3)26-20/h8-9,13,16H,5-7,10H2,1-4H3,(H3,21,22,23,24,25). The molecule has 2 heterocycles. The van der Waals surface area contributed by atoms with Gasteiger partial charge in [-0.2, -0.15) is 15.0 Å². The number of benzene rings is 1. The maximum atomic E-state index is 5.94. The number of rotatable bonds is 4. The molecule has 3 unspecified atom stereocenters. The molecule has 0 spiro atoms. The Morgan fingerprint density at radius 1 is 1.27 bits per heavy atom. The molecule has 4 rings (SSSR count). The molecule has 0 amide bonds. The molecule has 1 saturated heterocycles. The second-order valence-electron chi connectivity index (χ2n) is 7.92. The first-order valence-electron chi connectivity index (χ1n) is 9.39. The maximum absolute atomic E-state index is 5.94. The van der Waals surface area contributed by atoms with Gasteiger partial charge < -0.3 is 15.8 Å². The van der Waals surface area contributed by atoms with Crippen molar-refractivity contribution >= 4 is 11.9 Å². The first-order chi connectivity index (χ1) is 12.3. The van der Waals surface area contributed by atoms with E-state index in [0.717, 1.165) is 19.3 Å². The first-order valence-corrected chi connectivity index (χ1v) is 9.39. The van der Waals surface area contributed by atoms with E-state index < -0.39 is 0 Å². The van der Waals surface area contributed by atoms with Crippen LogP contribution in [-0.4, -0.2) is 26.7 Å². The van der Waals surface area contributed by atoms with Crippen LogP contribution < -0.4 is 11.1 Å². The van der Waals surface area contributed by atoms with E-state index >= 15 is 0 Å². The smallest absolute Gasteiger partial charge is 0.228 e. The minimum absolute atomic E-state index is 0.184. The molecule has 138 valence electrons. The summed E-state index contributed by atoms with van der Waals surface area (Å²) in [5, 5.41) is 3.51. The Kier molecular flexibility index (Phi) is 4.10. The molecule has 1 fully saturated rings. The molecule has 3 N–H and O–H groups in total. The molecule has 1 aliphatic carbocycles. The van der Waals surface area contributed by atoms with Gasteiger partial charge in [-0.3, -0.25) is 0 Å². The fourth-order valence-corrected chi connectivity index (χ4v) is 4.08. The van der Waals surface area contributed by atoms with E-state index in [-0.39, 0.29) is 23.7 Å². The van der Waals surface area contributed by atoms with Gasteiger partial charge >= 0.3 is 0 Å². The maximum Gasteiger partial charge on any atom is 0.228 e. The highest BCUT2D eigenvalue weighted by Crippen LogP contribution is 2.38. The summed E-state index contributed by atoms with van der Waals surface area (Å²) >= 11 is 0. The summed E-state index contributed by atoms with van der Waals surface area (Å²) in [5.41, 5.74) is 11.2. The van der Waals surface area contributed by atoms with Crippen molar-refractivity contribution < 1.29 is 4.74 Å². The zero-order valence-electron chi connectivity index (χ0n) is 16.0. The minimum Gasteiger partial charge on any atom is -0.368 e. The Morgan fingerprint density at radius 2 is 2.04 bits per heavy atom. The average molecular weight is 353 g/mol. The topological polar surface area (TPSA) is 89.2 Å². The van der Waals surface area contributed by atoms with Crippen LogP contribution in [0.1, 0.15) is 60.8 Å². The van der Waals surface area contributed by atoms with Crippen molar-refractivity contribution in [3.63, 3.8) is 0 Å². The Bertz CT molecular complexity index is 852. The summed E-state index contributed by atoms with van der Waals surface area (Å²) in [7, 11) is 0. The van der Waals surface area contributed by atoms with Crippen LogP contribution >= 0.6 is 0 Å². The molecule has 26 heavy (non-hydrogen) atoms. The Hall–Kier alpha value is -2.21. The van der Waals surface area contributed by atoms with Gasteiger partial charge in [-0.25, -0.2) is 0 Å². The van der Waals surface area contributed by atoms with Crippen LogP contribution in [0, 0.1) is 13.8 Å². The van der Waals surface area contributed by atoms with Crippen LogP contribution in [0.4, 0.5) is 11.9 Å². The van der Waals surface area contributed by atoms with Crippen molar-refractivity contribution in [1.82, 2.24) is 15.0 Å². The highest BCUT2D eigenvalue weighted by Gasteiger charge is 2.49. The molecule has 2 aromatic rings. The van der Waals surface area contributed by atoms with Gasteiger partial charge in [0.05, 0.1) is 17.7 Å². The third-order valence-corrected chi connectivity index (χ3v) is 5.71. The summed E-state index contributed by atoms with van der Waals surface area (Å²) in [6.45, 7) is 8.49. The van der Waals surface area contributed by atoms with Gasteiger partial charge in [0.2, 0.25) is 11.9 Å². The summed E-state index contributed by atoms with van der Waals surface area (Å²) in [6, 6.07) is 4.75. The number of hydrogen-bond acceptors (Lipinski definition) is 6. The van der Waals surface area contributed by atoms with Crippen LogP contribution in [-0.2, 0) is 17.6 Å². The molecule has 1 aliphatic heterocycles. The molecular formula is C20H27N5O. The van der Waals surface area contributed by atoms with E-state index in [9.17, 15) is 0 Å². The normalized spacial score (nSPS) is 27.1. The number of nitrogen functional groups attached to an aromatic ring is 1. The Balaban J connectivity index is 1.60. The fourth-order valence-electron chi connectivity index (χ4n) is 4.08. The van der Waals surface area contributed by atoms with Gasteiger partial charge in [-0.1, -0.05) is 17.7 Å². The lowest BCUT2D eigenvalue weighted by Crippen LogP contribution is -2.22. The third-order valence-electron chi connectivity index (χ3n) is 5.71. The van der Waals surface area contributed by atoms with Gasteiger partial charge in [0.25, 0.3) is 0 Å². The number of anilines is 2. The fraction of sp³-hybridized carbons (Fsp3) is 0.550. The molecule has 6 heteroatoms. The molecule has 1 aromatic heterocycles. The van der Waals surface area contributed by atoms with Crippen LogP contribution in [0.2, 0.25) is 0 Å². The second-order valence-corrected chi connectivity index (χ2v) is 7.92. The predicted molar refractivity (Wildman–Crippen MR) is 102 cm³/mol. The number of aryl methyl sites for hydroxylation is 2. The highest BCUT2D eigenvalue weighted by atomic mass is 16.6. The number of hydrogen-bond donors (Lipinski definition) is 2. The molecule has 0 saturated carbocycles. The van der Waals surface area contributed by atoms with Crippen LogP contribution in [0.25, 0.3) is 0 Å². The summed E-state index contributed by atoms with van der Waals surface area (Å²) < 4.78 is 5.65. The quantitative estimate of drug-likeness (QED) is 0.820. The number of aromatic nitrogens is 3. The average Bonchev–Trinajstić information content (AvgIpc) is 3.13. The number of fused-ring (bicyclic) bond motifs is 1. The molecule has 1 aromatic carbocycles. The molecular weight excluding hydrogens is 326 g/mol. The largest absolute Gasteiger partial charge is 0.368 e. The zero-order valence-corrected chi connectivity index (χ0v) is 16.0. The van der Waals surface area contributed by atoms with Crippen molar-refractivity contribution in [2.24, 2.45) is 0 Å². The lowest BCUT2D eigenvalue weighted by atomic mass is 9.84. The van der Waals surface area contributed by atoms with E-state index in [2.05, 4.69) is 60.1 Å². The molecule has 2 aliphatic rings. The van der Waals surface area contributed by atoms with Crippen molar-refractivity contribution in [3.8, 4) is 0 Å².